The van der Waals surface area contributed by atoms with Crippen LogP contribution in [-0.4, -0.2) is 54.3 Å². The first-order valence-electron chi connectivity index (χ1n) is 8.20. The quantitative estimate of drug-likeness (QED) is 0.778. The molecule has 0 spiro atoms. The number of ketones is 1. The monoisotopic (exact) mass is 288 g/mol. The van der Waals surface area contributed by atoms with E-state index in [0.717, 1.165) is 44.5 Å². The van der Waals surface area contributed by atoms with Crippen molar-refractivity contribution in [2.45, 2.75) is 45.2 Å². The molecular formula is C18H28N2O. The fourth-order valence-electron chi connectivity index (χ4n) is 3.40. The van der Waals surface area contributed by atoms with Crippen LogP contribution in [-0.2, 0) is 0 Å². The van der Waals surface area contributed by atoms with Gasteiger partial charge >= 0.3 is 0 Å². The van der Waals surface area contributed by atoms with Crippen LogP contribution in [0.15, 0.2) is 30.3 Å². The van der Waals surface area contributed by atoms with E-state index in [1.54, 1.807) is 0 Å². The Balaban J connectivity index is 2.20. The van der Waals surface area contributed by atoms with Crippen molar-refractivity contribution in [3.63, 3.8) is 0 Å². The third-order valence-corrected chi connectivity index (χ3v) is 4.57. The van der Waals surface area contributed by atoms with Gasteiger partial charge in [-0.25, -0.2) is 0 Å². The van der Waals surface area contributed by atoms with E-state index in [1.807, 2.05) is 30.3 Å². The van der Waals surface area contributed by atoms with E-state index >= 15 is 0 Å². The average molecular weight is 288 g/mol. The molecule has 3 nitrogen and oxygen atoms in total. The number of rotatable bonds is 5. The van der Waals surface area contributed by atoms with Crippen LogP contribution in [0.25, 0.3) is 0 Å². The molecule has 0 aliphatic carbocycles. The van der Waals surface area contributed by atoms with Crippen LogP contribution in [0.5, 0.6) is 0 Å². The lowest BCUT2D eigenvalue weighted by atomic mass is 9.98. The standard InChI is InChI=1S/C18H28N2O/c1-4-16-14-19(3)12-9-13-20(16)17(5-2)18(21)15-10-7-6-8-11-15/h6-8,10-11,16-17H,4-5,9,12-14H2,1-3H3. The first kappa shape index (κ1) is 16.2. The summed E-state index contributed by atoms with van der Waals surface area (Å²) in [6, 6.07) is 10.2. The number of hydrogen-bond donors (Lipinski definition) is 0. The third-order valence-electron chi connectivity index (χ3n) is 4.57. The lowest BCUT2D eigenvalue weighted by molar-refractivity contribution is 0.0714. The van der Waals surface area contributed by atoms with Gasteiger partial charge in [-0.2, -0.15) is 0 Å². The molecule has 1 aliphatic rings. The minimum absolute atomic E-state index is 0.0175. The molecule has 1 saturated heterocycles. The molecular weight excluding hydrogens is 260 g/mol. The first-order valence-corrected chi connectivity index (χ1v) is 8.20. The van der Waals surface area contributed by atoms with Crippen LogP contribution in [0.3, 0.4) is 0 Å². The highest BCUT2D eigenvalue weighted by atomic mass is 16.1. The van der Waals surface area contributed by atoms with Gasteiger partial charge in [-0.15, -0.1) is 0 Å². The Labute approximate surface area is 128 Å². The molecule has 0 saturated carbocycles. The number of carbonyl (C=O) groups is 1. The minimum atomic E-state index is 0.0175. The van der Waals surface area contributed by atoms with Crippen LogP contribution >= 0.6 is 0 Å². The Kier molecular flexibility index (Phi) is 5.95. The van der Waals surface area contributed by atoms with Crippen molar-refractivity contribution in [2.24, 2.45) is 0 Å². The Morgan fingerprint density at radius 3 is 2.57 bits per heavy atom. The zero-order valence-electron chi connectivity index (χ0n) is 13.6. The molecule has 1 fully saturated rings. The van der Waals surface area contributed by atoms with E-state index in [0.29, 0.717) is 6.04 Å². The predicted molar refractivity (Wildman–Crippen MR) is 87.8 cm³/mol. The molecule has 0 N–H and O–H groups in total. The van der Waals surface area contributed by atoms with E-state index in [1.165, 1.54) is 0 Å². The number of Topliss-reactive ketones (excluding diaryl/α,β-unsaturated/α-hetero) is 1. The van der Waals surface area contributed by atoms with Gasteiger partial charge in [0.15, 0.2) is 5.78 Å². The first-order chi connectivity index (χ1) is 10.2. The molecule has 0 radical (unpaired) electrons. The summed E-state index contributed by atoms with van der Waals surface area (Å²) < 4.78 is 0. The molecule has 1 aromatic rings. The highest BCUT2D eigenvalue weighted by molar-refractivity contribution is 6.00. The third kappa shape index (κ3) is 3.92. The van der Waals surface area contributed by atoms with E-state index in [9.17, 15) is 4.79 Å². The number of nitrogens with zero attached hydrogens (tertiary/aromatic N) is 2. The summed E-state index contributed by atoms with van der Waals surface area (Å²) in [5.41, 5.74) is 0.844. The molecule has 0 bridgehead atoms. The van der Waals surface area contributed by atoms with Crippen molar-refractivity contribution >= 4 is 5.78 Å². The largest absolute Gasteiger partial charge is 0.305 e. The summed E-state index contributed by atoms with van der Waals surface area (Å²) >= 11 is 0. The average Bonchev–Trinajstić information content (AvgIpc) is 2.70. The molecule has 2 rings (SSSR count). The smallest absolute Gasteiger partial charge is 0.179 e. The number of likely N-dealkylation sites (N-methyl/N-ethyl adjacent to an activating group) is 1. The Bertz CT molecular complexity index is 446. The molecule has 1 aromatic carbocycles. The molecule has 21 heavy (non-hydrogen) atoms. The minimum Gasteiger partial charge on any atom is -0.305 e. The Hall–Kier alpha value is -1.19. The molecule has 0 aromatic heterocycles. The molecule has 1 heterocycles. The second kappa shape index (κ2) is 7.71. The maximum atomic E-state index is 12.9. The second-order valence-corrected chi connectivity index (χ2v) is 6.07. The summed E-state index contributed by atoms with van der Waals surface area (Å²) in [6.07, 6.45) is 3.13. The number of carbonyl (C=O) groups excluding carboxylic acids is 1. The maximum Gasteiger partial charge on any atom is 0.179 e. The van der Waals surface area contributed by atoms with Gasteiger partial charge in [0, 0.05) is 24.7 Å². The molecule has 1 aliphatic heterocycles. The van der Waals surface area contributed by atoms with Gasteiger partial charge in [0.25, 0.3) is 0 Å². The van der Waals surface area contributed by atoms with Crippen LogP contribution in [0.1, 0.15) is 43.5 Å². The maximum absolute atomic E-state index is 12.9. The van der Waals surface area contributed by atoms with Gasteiger partial charge in [0.2, 0.25) is 0 Å². The van der Waals surface area contributed by atoms with Crippen LogP contribution in [0.4, 0.5) is 0 Å². The molecule has 116 valence electrons. The van der Waals surface area contributed by atoms with Gasteiger partial charge < -0.3 is 4.90 Å². The van der Waals surface area contributed by atoms with Crippen LogP contribution in [0, 0.1) is 0 Å². The zero-order chi connectivity index (χ0) is 15.2. The summed E-state index contributed by atoms with van der Waals surface area (Å²) in [5.74, 6) is 0.279. The van der Waals surface area contributed by atoms with Gasteiger partial charge in [-0.3, -0.25) is 9.69 Å². The van der Waals surface area contributed by atoms with Crippen molar-refractivity contribution in [3.05, 3.63) is 35.9 Å². The highest BCUT2D eigenvalue weighted by Gasteiger charge is 2.31. The number of hydrogen-bond acceptors (Lipinski definition) is 3. The Morgan fingerprint density at radius 1 is 1.24 bits per heavy atom. The normalized spacial score (nSPS) is 22.7. The lowest BCUT2D eigenvalue weighted by Crippen LogP contribution is -2.49. The van der Waals surface area contributed by atoms with Crippen molar-refractivity contribution in [3.8, 4) is 0 Å². The molecule has 0 amide bonds. The van der Waals surface area contributed by atoms with E-state index in [-0.39, 0.29) is 11.8 Å². The summed E-state index contributed by atoms with van der Waals surface area (Å²) in [7, 11) is 2.19. The fraction of sp³-hybridized carbons (Fsp3) is 0.611. The molecule has 2 unspecified atom stereocenters. The van der Waals surface area contributed by atoms with Gasteiger partial charge in [0.05, 0.1) is 6.04 Å². The predicted octanol–water partition coefficient (Wildman–Crippen LogP) is 3.06. The topological polar surface area (TPSA) is 23.6 Å². The molecule has 2 atom stereocenters. The molecule has 3 heteroatoms. The lowest BCUT2D eigenvalue weighted by Gasteiger charge is -2.36. The van der Waals surface area contributed by atoms with Crippen LogP contribution < -0.4 is 0 Å². The van der Waals surface area contributed by atoms with Gasteiger partial charge in [0.1, 0.15) is 0 Å². The van der Waals surface area contributed by atoms with E-state index < -0.39 is 0 Å². The summed E-state index contributed by atoms with van der Waals surface area (Å²) in [6.45, 7) is 7.58. The van der Waals surface area contributed by atoms with Crippen molar-refractivity contribution in [1.29, 1.82) is 0 Å². The van der Waals surface area contributed by atoms with Gasteiger partial charge in [-0.1, -0.05) is 44.2 Å². The Morgan fingerprint density at radius 2 is 1.95 bits per heavy atom. The van der Waals surface area contributed by atoms with E-state index in [2.05, 4.69) is 30.7 Å². The number of benzene rings is 1. The SMILES string of the molecule is CCC1CN(C)CCCN1C(CC)C(=O)c1ccccc1. The van der Waals surface area contributed by atoms with Crippen molar-refractivity contribution < 1.29 is 4.79 Å². The van der Waals surface area contributed by atoms with Gasteiger partial charge in [-0.05, 0) is 32.9 Å². The van der Waals surface area contributed by atoms with Crippen LogP contribution in [0.2, 0.25) is 0 Å². The van der Waals surface area contributed by atoms with Crippen molar-refractivity contribution in [1.82, 2.24) is 9.80 Å². The van der Waals surface area contributed by atoms with Crippen molar-refractivity contribution in [2.75, 3.05) is 26.7 Å². The second-order valence-electron chi connectivity index (χ2n) is 6.07. The van der Waals surface area contributed by atoms with E-state index in [4.69, 9.17) is 0 Å². The zero-order valence-corrected chi connectivity index (χ0v) is 13.6. The summed E-state index contributed by atoms with van der Waals surface area (Å²) in [5, 5.41) is 0. The summed E-state index contributed by atoms with van der Waals surface area (Å²) in [4.78, 5) is 17.7. The highest BCUT2D eigenvalue weighted by Crippen LogP contribution is 2.20. The fourth-order valence-corrected chi connectivity index (χ4v) is 3.40.